The Morgan fingerprint density at radius 2 is 2.12 bits per heavy atom. The Hall–Kier alpha value is -2.56. The standard InChI is InChI=1S/C16H24N6O2/c1-16(2,24-14(19)23)7-10-3-5-12(6-4-10)21-15-20-9-11(8-17)13(18)22-15/h9-10,12H,3-7H2,1-2H3,(H2,19,23)(H3,18,20,21,22)/t10-,12-. The molecule has 24 heavy (non-hydrogen) atoms. The number of nitrogen functional groups attached to an aromatic ring is 1. The van der Waals surface area contributed by atoms with E-state index < -0.39 is 11.7 Å². The molecular weight excluding hydrogens is 308 g/mol. The Morgan fingerprint density at radius 3 is 2.67 bits per heavy atom. The van der Waals surface area contributed by atoms with E-state index in [2.05, 4.69) is 15.3 Å². The van der Waals surface area contributed by atoms with Crippen molar-refractivity contribution >= 4 is 17.9 Å². The van der Waals surface area contributed by atoms with E-state index in [0.29, 0.717) is 11.9 Å². The van der Waals surface area contributed by atoms with Crippen molar-refractivity contribution in [2.45, 2.75) is 57.6 Å². The predicted molar refractivity (Wildman–Crippen MR) is 89.9 cm³/mol. The third-order valence-electron chi connectivity index (χ3n) is 4.28. The van der Waals surface area contributed by atoms with E-state index in [9.17, 15) is 4.79 Å². The molecule has 0 saturated heterocycles. The van der Waals surface area contributed by atoms with Crippen molar-refractivity contribution in [2.24, 2.45) is 11.7 Å². The van der Waals surface area contributed by atoms with Gasteiger partial charge in [-0.3, -0.25) is 0 Å². The summed E-state index contributed by atoms with van der Waals surface area (Å²) < 4.78 is 5.16. The van der Waals surface area contributed by atoms with Crippen molar-refractivity contribution in [1.82, 2.24) is 9.97 Å². The lowest BCUT2D eigenvalue weighted by atomic mass is 9.80. The molecule has 1 fully saturated rings. The third-order valence-corrected chi connectivity index (χ3v) is 4.28. The monoisotopic (exact) mass is 332 g/mol. The van der Waals surface area contributed by atoms with Crippen LogP contribution in [0.25, 0.3) is 0 Å². The van der Waals surface area contributed by atoms with E-state index in [1.165, 1.54) is 6.20 Å². The van der Waals surface area contributed by atoms with E-state index in [-0.39, 0.29) is 17.4 Å². The molecule has 0 atom stereocenters. The number of amides is 1. The molecule has 1 aromatic heterocycles. The van der Waals surface area contributed by atoms with Crippen LogP contribution in [0.1, 0.15) is 51.5 Å². The van der Waals surface area contributed by atoms with Gasteiger partial charge >= 0.3 is 6.09 Å². The first kappa shape index (κ1) is 17.8. The molecule has 1 heterocycles. The van der Waals surface area contributed by atoms with Crippen molar-refractivity contribution in [3.8, 4) is 6.07 Å². The summed E-state index contributed by atoms with van der Waals surface area (Å²) in [7, 11) is 0. The average Bonchev–Trinajstić information content (AvgIpc) is 2.48. The molecule has 2 rings (SSSR count). The van der Waals surface area contributed by atoms with Gasteiger partial charge in [-0.2, -0.15) is 10.2 Å². The van der Waals surface area contributed by atoms with Gasteiger partial charge in [-0.25, -0.2) is 9.78 Å². The lowest BCUT2D eigenvalue weighted by molar-refractivity contribution is 0.0215. The van der Waals surface area contributed by atoms with Gasteiger partial charge in [0, 0.05) is 6.04 Å². The Labute approximate surface area is 141 Å². The average molecular weight is 332 g/mol. The fraction of sp³-hybridized carbons (Fsp3) is 0.625. The van der Waals surface area contributed by atoms with Gasteiger partial charge in [-0.05, 0) is 51.9 Å². The molecule has 1 aliphatic carbocycles. The summed E-state index contributed by atoms with van der Waals surface area (Å²) in [5.41, 5.74) is 10.6. The van der Waals surface area contributed by atoms with Crippen LogP contribution in [-0.2, 0) is 4.74 Å². The summed E-state index contributed by atoms with van der Waals surface area (Å²) >= 11 is 0. The Kier molecular flexibility index (Phi) is 5.44. The zero-order valence-corrected chi connectivity index (χ0v) is 14.1. The number of aromatic nitrogens is 2. The summed E-state index contributed by atoms with van der Waals surface area (Å²) in [5, 5.41) is 12.1. The van der Waals surface area contributed by atoms with Crippen LogP contribution in [0.5, 0.6) is 0 Å². The van der Waals surface area contributed by atoms with Crippen LogP contribution in [0.15, 0.2) is 6.20 Å². The number of primary amides is 1. The molecule has 1 saturated carbocycles. The van der Waals surface area contributed by atoms with Crippen LogP contribution in [0.4, 0.5) is 16.6 Å². The van der Waals surface area contributed by atoms with Crippen LogP contribution in [0, 0.1) is 17.2 Å². The fourth-order valence-electron chi connectivity index (χ4n) is 3.25. The number of hydrogen-bond acceptors (Lipinski definition) is 7. The highest BCUT2D eigenvalue weighted by Gasteiger charge is 2.30. The molecule has 0 unspecified atom stereocenters. The molecule has 1 amide bonds. The molecular formula is C16H24N6O2. The molecule has 8 nitrogen and oxygen atoms in total. The Balaban J connectivity index is 1.84. The number of nitriles is 1. The maximum atomic E-state index is 10.9. The van der Waals surface area contributed by atoms with Crippen LogP contribution in [-0.4, -0.2) is 27.7 Å². The van der Waals surface area contributed by atoms with Crippen molar-refractivity contribution < 1.29 is 9.53 Å². The lowest BCUT2D eigenvalue weighted by Crippen LogP contribution is -2.35. The smallest absolute Gasteiger partial charge is 0.405 e. The van der Waals surface area contributed by atoms with Crippen LogP contribution in [0.2, 0.25) is 0 Å². The van der Waals surface area contributed by atoms with Gasteiger partial charge in [0.15, 0.2) is 0 Å². The first-order valence-electron chi connectivity index (χ1n) is 8.06. The summed E-state index contributed by atoms with van der Waals surface area (Å²) in [6.07, 6.45) is 5.49. The molecule has 0 aromatic carbocycles. The van der Waals surface area contributed by atoms with Gasteiger partial charge < -0.3 is 21.5 Å². The van der Waals surface area contributed by atoms with Gasteiger partial charge in [-0.15, -0.1) is 0 Å². The SMILES string of the molecule is CC(C)(C[C@H]1CC[C@H](Nc2ncc(C#N)c(N)n2)CC1)OC(N)=O. The number of carbonyl (C=O) groups excluding carboxylic acids is 1. The van der Waals surface area contributed by atoms with Crippen molar-refractivity contribution in [2.75, 3.05) is 11.1 Å². The van der Waals surface area contributed by atoms with E-state index in [1.807, 2.05) is 19.9 Å². The molecule has 0 bridgehead atoms. The zero-order valence-electron chi connectivity index (χ0n) is 14.1. The van der Waals surface area contributed by atoms with E-state index in [1.54, 1.807) is 0 Å². The van der Waals surface area contributed by atoms with Crippen molar-refractivity contribution in [1.29, 1.82) is 5.26 Å². The molecule has 1 aliphatic rings. The number of hydrogen-bond donors (Lipinski definition) is 3. The second kappa shape index (κ2) is 7.34. The lowest BCUT2D eigenvalue weighted by Gasteiger charge is -2.34. The normalized spacial score (nSPS) is 20.9. The molecule has 8 heteroatoms. The number of nitrogens with one attached hydrogen (secondary N) is 1. The quantitative estimate of drug-likeness (QED) is 0.750. The topological polar surface area (TPSA) is 140 Å². The number of nitrogens with zero attached hydrogens (tertiary/aromatic N) is 3. The summed E-state index contributed by atoms with van der Waals surface area (Å²) in [6.45, 7) is 3.77. The summed E-state index contributed by atoms with van der Waals surface area (Å²) in [4.78, 5) is 19.2. The van der Waals surface area contributed by atoms with Crippen LogP contribution < -0.4 is 16.8 Å². The first-order valence-corrected chi connectivity index (χ1v) is 8.06. The maximum Gasteiger partial charge on any atom is 0.405 e. The maximum absolute atomic E-state index is 10.9. The number of nitrogens with two attached hydrogens (primary N) is 2. The van der Waals surface area contributed by atoms with Gasteiger partial charge in [0.25, 0.3) is 0 Å². The van der Waals surface area contributed by atoms with Crippen LogP contribution >= 0.6 is 0 Å². The second-order valence-corrected chi connectivity index (χ2v) is 6.85. The van der Waals surface area contributed by atoms with E-state index >= 15 is 0 Å². The number of anilines is 2. The highest BCUT2D eigenvalue weighted by Crippen LogP contribution is 2.33. The first-order chi connectivity index (χ1) is 11.3. The molecule has 5 N–H and O–H groups in total. The summed E-state index contributed by atoms with van der Waals surface area (Å²) in [6, 6.07) is 2.22. The minimum Gasteiger partial charge on any atom is -0.444 e. The molecule has 130 valence electrons. The number of carbonyl (C=O) groups is 1. The number of ether oxygens (including phenoxy) is 1. The predicted octanol–water partition coefficient (Wildman–Crippen LogP) is 2.17. The van der Waals surface area contributed by atoms with E-state index in [4.69, 9.17) is 21.5 Å². The fourth-order valence-corrected chi connectivity index (χ4v) is 3.25. The van der Waals surface area contributed by atoms with Gasteiger partial charge in [-0.1, -0.05) is 0 Å². The third kappa shape index (κ3) is 4.98. The minimum absolute atomic E-state index is 0.189. The Bertz CT molecular complexity index is 632. The molecule has 0 radical (unpaired) electrons. The summed E-state index contributed by atoms with van der Waals surface area (Å²) in [5.74, 6) is 1.13. The zero-order chi connectivity index (χ0) is 17.7. The highest BCUT2D eigenvalue weighted by atomic mass is 16.6. The minimum atomic E-state index is -0.731. The van der Waals surface area contributed by atoms with E-state index in [0.717, 1.165) is 32.1 Å². The molecule has 0 spiro atoms. The second-order valence-electron chi connectivity index (χ2n) is 6.85. The molecule has 1 aromatic rings. The van der Waals surface area contributed by atoms with Crippen molar-refractivity contribution in [3.63, 3.8) is 0 Å². The van der Waals surface area contributed by atoms with Gasteiger partial charge in [0.1, 0.15) is 23.1 Å². The molecule has 0 aliphatic heterocycles. The largest absolute Gasteiger partial charge is 0.444 e. The van der Waals surface area contributed by atoms with Gasteiger partial charge in [0.2, 0.25) is 5.95 Å². The Morgan fingerprint density at radius 1 is 1.46 bits per heavy atom. The van der Waals surface area contributed by atoms with Gasteiger partial charge in [0.05, 0.1) is 6.20 Å². The van der Waals surface area contributed by atoms with Crippen molar-refractivity contribution in [3.05, 3.63) is 11.8 Å². The van der Waals surface area contributed by atoms with Crippen LogP contribution in [0.3, 0.4) is 0 Å². The number of rotatable bonds is 5. The highest BCUT2D eigenvalue weighted by molar-refractivity contribution is 5.65.